The van der Waals surface area contributed by atoms with Gasteiger partial charge in [-0.2, -0.15) is 10.1 Å². The minimum absolute atomic E-state index is 0.237. The molecule has 7 heteroatoms. The molecule has 1 aliphatic rings. The molecule has 1 unspecified atom stereocenters. The first-order chi connectivity index (χ1) is 12.2. The van der Waals surface area contributed by atoms with E-state index < -0.39 is 0 Å². The van der Waals surface area contributed by atoms with E-state index in [2.05, 4.69) is 25.1 Å². The van der Waals surface area contributed by atoms with Crippen LogP contribution in [-0.2, 0) is 0 Å². The van der Waals surface area contributed by atoms with Crippen molar-refractivity contribution in [1.82, 2.24) is 20.2 Å². The first-order valence-corrected chi connectivity index (χ1v) is 8.33. The number of nitrogens with one attached hydrogen (secondary N) is 1. The van der Waals surface area contributed by atoms with Crippen LogP contribution in [0.3, 0.4) is 0 Å². The summed E-state index contributed by atoms with van der Waals surface area (Å²) in [6.45, 7) is 1.76. The summed E-state index contributed by atoms with van der Waals surface area (Å²) in [7, 11) is 0. The van der Waals surface area contributed by atoms with Gasteiger partial charge >= 0.3 is 0 Å². The van der Waals surface area contributed by atoms with Crippen molar-refractivity contribution in [3.8, 4) is 11.1 Å². The van der Waals surface area contributed by atoms with Crippen LogP contribution in [0.1, 0.15) is 24.5 Å². The lowest BCUT2D eigenvalue weighted by molar-refractivity contribution is 0.498. The summed E-state index contributed by atoms with van der Waals surface area (Å²) in [6, 6.07) is 8.41. The topological polar surface area (TPSA) is 83.7 Å². The molecule has 6 nitrogen and oxygen atoms in total. The molecule has 3 N–H and O–H groups in total. The quantitative estimate of drug-likeness (QED) is 0.767. The van der Waals surface area contributed by atoms with Gasteiger partial charge in [-0.1, -0.05) is 12.1 Å². The Labute approximate surface area is 144 Å². The monoisotopic (exact) mass is 338 g/mol. The summed E-state index contributed by atoms with van der Waals surface area (Å²) < 4.78 is 13.2. The molecular weight excluding hydrogens is 319 g/mol. The fourth-order valence-corrected chi connectivity index (χ4v) is 3.43. The highest BCUT2D eigenvalue weighted by molar-refractivity contribution is 5.66. The molecule has 2 aromatic heterocycles. The van der Waals surface area contributed by atoms with Gasteiger partial charge in [0, 0.05) is 36.5 Å². The molecule has 0 spiro atoms. The van der Waals surface area contributed by atoms with Crippen molar-refractivity contribution >= 4 is 11.8 Å². The van der Waals surface area contributed by atoms with Crippen LogP contribution < -0.4 is 10.6 Å². The third-order valence-electron chi connectivity index (χ3n) is 4.64. The van der Waals surface area contributed by atoms with Gasteiger partial charge in [-0.3, -0.25) is 5.10 Å². The molecule has 0 aliphatic carbocycles. The van der Waals surface area contributed by atoms with E-state index in [0.717, 1.165) is 48.6 Å². The van der Waals surface area contributed by atoms with Gasteiger partial charge < -0.3 is 10.6 Å². The highest BCUT2D eigenvalue weighted by Gasteiger charge is 2.26. The van der Waals surface area contributed by atoms with E-state index in [1.165, 1.54) is 12.1 Å². The number of benzene rings is 1. The lowest BCUT2D eigenvalue weighted by Crippen LogP contribution is -2.35. The van der Waals surface area contributed by atoms with Gasteiger partial charge in [0.2, 0.25) is 5.95 Å². The van der Waals surface area contributed by atoms with Crippen LogP contribution in [0.5, 0.6) is 0 Å². The summed E-state index contributed by atoms with van der Waals surface area (Å²) in [5.41, 5.74) is 8.78. The van der Waals surface area contributed by atoms with Crippen molar-refractivity contribution in [3.63, 3.8) is 0 Å². The summed E-state index contributed by atoms with van der Waals surface area (Å²) in [6.07, 6.45) is 5.61. The fraction of sp³-hybridized carbons (Fsp3) is 0.278. The zero-order valence-electron chi connectivity index (χ0n) is 13.7. The van der Waals surface area contributed by atoms with E-state index in [0.29, 0.717) is 5.92 Å². The van der Waals surface area contributed by atoms with Crippen LogP contribution in [-0.4, -0.2) is 33.3 Å². The summed E-state index contributed by atoms with van der Waals surface area (Å²) in [4.78, 5) is 10.5. The van der Waals surface area contributed by atoms with Gasteiger partial charge in [0.05, 0.1) is 6.20 Å². The zero-order valence-corrected chi connectivity index (χ0v) is 13.7. The molecule has 3 heterocycles. The third-order valence-corrected chi connectivity index (χ3v) is 4.64. The Morgan fingerprint density at radius 3 is 2.84 bits per heavy atom. The number of rotatable bonds is 3. The molecular formula is C18H19FN6. The summed E-state index contributed by atoms with van der Waals surface area (Å²) in [5, 5.41) is 7.37. The van der Waals surface area contributed by atoms with E-state index >= 15 is 0 Å². The molecule has 1 saturated heterocycles. The molecule has 1 atom stereocenters. The Morgan fingerprint density at radius 2 is 2.04 bits per heavy atom. The van der Waals surface area contributed by atoms with Crippen LogP contribution in [0.25, 0.3) is 11.1 Å². The summed E-state index contributed by atoms with van der Waals surface area (Å²) >= 11 is 0. The molecule has 25 heavy (non-hydrogen) atoms. The lowest BCUT2D eigenvalue weighted by atomic mass is 9.90. The van der Waals surface area contributed by atoms with E-state index in [1.807, 2.05) is 12.3 Å². The molecule has 1 aliphatic heterocycles. The SMILES string of the molecule is Nc1nccc(N2CCCC(c3[nH]ncc3-c3ccc(F)cc3)C2)n1. The van der Waals surface area contributed by atoms with Crippen LogP contribution in [0.2, 0.25) is 0 Å². The number of H-pyrrole nitrogens is 1. The van der Waals surface area contributed by atoms with Gasteiger partial charge in [0.15, 0.2) is 0 Å². The number of aromatic amines is 1. The van der Waals surface area contributed by atoms with Crippen molar-refractivity contribution in [2.75, 3.05) is 23.7 Å². The Balaban J connectivity index is 1.60. The van der Waals surface area contributed by atoms with Gasteiger partial charge in [-0.25, -0.2) is 9.37 Å². The number of piperidine rings is 1. The Hall–Kier alpha value is -2.96. The second kappa shape index (κ2) is 6.51. The highest BCUT2D eigenvalue weighted by Crippen LogP contribution is 2.34. The maximum atomic E-state index is 13.2. The van der Waals surface area contributed by atoms with Crippen molar-refractivity contribution in [1.29, 1.82) is 0 Å². The van der Waals surface area contributed by atoms with Crippen molar-refractivity contribution in [2.24, 2.45) is 0 Å². The number of hydrogen-bond donors (Lipinski definition) is 2. The van der Waals surface area contributed by atoms with Crippen LogP contribution in [0, 0.1) is 5.82 Å². The summed E-state index contributed by atoms with van der Waals surface area (Å²) in [5.74, 6) is 1.19. The number of halogens is 1. The van der Waals surface area contributed by atoms with Crippen LogP contribution in [0.4, 0.5) is 16.2 Å². The van der Waals surface area contributed by atoms with E-state index in [-0.39, 0.29) is 11.8 Å². The Bertz CT molecular complexity index is 860. The number of anilines is 2. The van der Waals surface area contributed by atoms with Gasteiger partial charge in [-0.15, -0.1) is 0 Å². The molecule has 0 amide bonds. The average Bonchev–Trinajstić information content (AvgIpc) is 3.12. The van der Waals surface area contributed by atoms with E-state index in [4.69, 9.17) is 5.73 Å². The van der Waals surface area contributed by atoms with Gasteiger partial charge in [-0.05, 0) is 36.6 Å². The van der Waals surface area contributed by atoms with Crippen LogP contribution >= 0.6 is 0 Å². The second-order valence-electron chi connectivity index (χ2n) is 6.26. The number of nitrogen functional groups attached to an aromatic ring is 1. The molecule has 3 aromatic rings. The minimum atomic E-state index is -0.237. The number of nitrogens with zero attached hydrogens (tertiary/aromatic N) is 4. The van der Waals surface area contributed by atoms with E-state index in [1.54, 1.807) is 18.3 Å². The second-order valence-corrected chi connectivity index (χ2v) is 6.26. The standard InChI is InChI=1S/C18H19FN6/c19-14-5-3-12(4-6-14)15-10-22-24-17(15)13-2-1-9-25(11-13)16-7-8-21-18(20)23-16/h3-8,10,13H,1-2,9,11H2,(H,22,24)(H2,20,21,23). The van der Waals surface area contributed by atoms with Crippen LogP contribution in [0.15, 0.2) is 42.7 Å². The number of aromatic nitrogens is 4. The Kier molecular flexibility index (Phi) is 4.05. The first-order valence-electron chi connectivity index (χ1n) is 8.33. The normalized spacial score (nSPS) is 17.6. The smallest absolute Gasteiger partial charge is 0.221 e. The molecule has 1 fully saturated rings. The number of nitrogens with two attached hydrogens (primary N) is 1. The predicted octanol–water partition coefficient (Wildman–Crippen LogP) is 2.97. The molecule has 0 radical (unpaired) electrons. The third kappa shape index (κ3) is 3.17. The Morgan fingerprint density at radius 1 is 1.20 bits per heavy atom. The first kappa shape index (κ1) is 15.6. The average molecular weight is 338 g/mol. The molecule has 0 bridgehead atoms. The lowest BCUT2D eigenvalue weighted by Gasteiger charge is -2.33. The zero-order chi connectivity index (χ0) is 17.2. The maximum absolute atomic E-state index is 13.2. The van der Waals surface area contributed by atoms with Crippen molar-refractivity contribution < 1.29 is 4.39 Å². The van der Waals surface area contributed by atoms with Crippen molar-refractivity contribution in [2.45, 2.75) is 18.8 Å². The maximum Gasteiger partial charge on any atom is 0.221 e. The highest BCUT2D eigenvalue weighted by atomic mass is 19.1. The largest absolute Gasteiger partial charge is 0.368 e. The van der Waals surface area contributed by atoms with Gasteiger partial charge in [0.1, 0.15) is 11.6 Å². The fourth-order valence-electron chi connectivity index (χ4n) is 3.43. The number of hydrogen-bond acceptors (Lipinski definition) is 5. The molecule has 0 saturated carbocycles. The van der Waals surface area contributed by atoms with Gasteiger partial charge in [0.25, 0.3) is 0 Å². The molecule has 4 rings (SSSR count). The predicted molar refractivity (Wildman–Crippen MR) is 94.6 cm³/mol. The van der Waals surface area contributed by atoms with E-state index in [9.17, 15) is 4.39 Å². The minimum Gasteiger partial charge on any atom is -0.368 e. The van der Waals surface area contributed by atoms with Crippen molar-refractivity contribution in [3.05, 3.63) is 54.2 Å². The molecule has 1 aromatic carbocycles. The molecule has 128 valence electrons.